The minimum atomic E-state index is -0.660. The van der Waals surface area contributed by atoms with E-state index in [2.05, 4.69) is 41.4 Å². The zero-order valence-corrected chi connectivity index (χ0v) is 28.7. The van der Waals surface area contributed by atoms with Gasteiger partial charge in [0.2, 0.25) is 0 Å². The number of ether oxygens (including phenoxy) is 3. The van der Waals surface area contributed by atoms with Crippen molar-refractivity contribution >= 4 is 57.6 Å². The Morgan fingerprint density at radius 1 is 1.14 bits per heavy atom. The molecule has 0 aliphatic carbocycles. The number of thiazole rings is 1. The molecule has 0 fully saturated rings. The lowest BCUT2D eigenvalue weighted by Crippen LogP contribution is -2.39. The molecule has 0 amide bonds. The van der Waals surface area contributed by atoms with Crippen LogP contribution in [0, 0.1) is 3.57 Å². The molecule has 0 saturated heterocycles. The maximum atomic E-state index is 14.0. The highest BCUT2D eigenvalue weighted by molar-refractivity contribution is 14.1. The fraction of sp³-hybridized carbons (Fsp3) is 0.265. The fourth-order valence-electron chi connectivity index (χ4n) is 5.02. The van der Waals surface area contributed by atoms with Crippen molar-refractivity contribution in [3.05, 3.63) is 122 Å². The normalized spacial score (nSPS) is 14.8. The third kappa shape index (κ3) is 6.64. The van der Waals surface area contributed by atoms with Crippen molar-refractivity contribution in [3.8, 4) is 11.5 Å². The number of fused-ring (bicyclic) bond motifs is 1. The number of benzene rings is 3. The summed E-state index contributed by atoms with van der Waals surface area (Å²) in [5, 5.41) is 0.665. The maximum absolute atomic E-state index is 14.0. The smallest absolute Gasteiger partial charge is 0.338 e. The molecule has 3 aromatic carbocycles. The van der Waals surface area contributed by atoms with Gasteiger partial charge >= 0.3 is 5.97 Å². The molecule has 44 heavy (non-hydrogen) atoms. The number of nitrogens with zero attached hydrogens (tertiary/aromatic N) is 2. The van der Waals surface area contributed by atoms with E-state index in [0.29, 0.717) is 49.7 Å². The molecule has 5 rings (SSSR count). The molecule has 0 N–H and O–H groups in total. The Hall–Kier alpha value is -3.41. The van der Waals surface area contributed by atoms with Gasteiger partial charge in [-0.25, -0.2) is 9.79 Å². The minimum absolute atomic E-state index is 0.221. The molecule has 0 bridgehead atoms. The molecule has 0 unspecified atom stereocenters. The molecule has 0 spiro atoms. The van der Waals surface area contributed by atoms with Crippen LogP contribution in [0.15, 0.2) is 81.7 Å². The zero-order chi connectivity index (χ0) is 31.5. The lowest BCUT2D eigenvalue weighted by atomic mass is 9.93. The Kier molecular flexibility index (Phi) is 9.97. The van der Waals surface area contributed by atoms with Crippen molar-refractivity contribution in [1.29, 1.82) is 0 Å². The summed E-state index contributed by atoms with van der Waals surface area (Å²) in [6, 6.07) is 18.6. The first-order chi connectivity index (χ1) is 21.1. The first kappa shape index (κ1) is 32.0. The van der Waals surface area contributed by atoms with E-state index in [4.69, 9.17) is 25.8 Å². The molecule has 1 aromatic heterocycles. The largest absolute Gasteiger partial charge is 0.493 e. The summed E-state index contributed by atoms with van der Waals surface area (Å²) >= 11 is 9.50. The lowest BCUT2D eigenvalue weighted by Gasteiger charge is -2.25. The van der Waals surface area contributed by atoms with Gasteiger partial charge in [0.15, 0.2) is 16.3 Å². The van der Waals surface area contributed by atoms with Crippen molar-refractivity contribution in [2.45, 2.75) is 46.3 Å². The van der Waals surface area contributed by atoms with Gasteiger partial charge in [-0.1, -0.05) is 73.2 Å². The number of carbonyl (C=O) groups is 1. The van der Waals surface area contributed by atoms with Crippen LogP contribution in [0.2, 0.25) is 5.02 Å². The highest BCUT2D eigenvalue weighted by Crippen LogP contribution is 2.35. The van der Waals surface area contributed by atoms with Gasteiger partial charge in [0.05, 0.1) is 39.1 Å². The first-order valence-corrected chi connectivity index (χ1v) is 16.4. The van der Waals surface area contributed by atoms with E-state index in [1.807, 2.05) is 66.7 Å². The third-order valence-corrected chi connectivity index (χ3v) is 9.32. The van der Waals surface area contributed by atoms with E-state index in [1.165, 1.54) is 16.9 Å². The summed E-state index contributed by atoms with van der Waals surface area (Å²) in [4.78, 5) is 32.4. The number of hydrogen-bond acceptors (Lipinski definition) is 7. The van der Waals surface area contributed by atoms with Gasteiger partial charge in [0.1, 0.15) is 6.61 Å². The molecule has 4 aromatic rings. The van der Waals surface area contributed by atoms with E-state index in [-0.39, 0.29) is 12.2 Å². The number of methoxy groups -OCH3 is 1. The number of halogens is 2. The molecule has 1 atom stereocenters. The Morgan fingerprint density at radius 3 is 2.48 bits per heavy atom. The van der Waals surface area contributed by atoms with Gasteiger partial charge in [0, 0.05) is 5.02 Å². The summed E-state index contributed by atoms with van der Waals surface area (Å²) < 4.78 is 20.1. The van der Waals surface area contributed by atoms with E-state index in [9.17, 15) is 9.59 Å². The van der Waals surface area contributed by atoms with Gasteiger partial charge in [-0.15, -0.1) is 0 Å². The molecular formula is C34H32ClIN2O5S. The van der Waals surface area contributed by atoms with E-state index in [0.717, 1.165) is 20.3 Å². The molecule has 2 heterocycles. The van der Waals surface area contributed by atoms with Gasteiger partial charge in [0.25, 0.3) is 5.56 Å². The number of hydrogen-bond donors (Lipinski definition) is 0. The Morgan fingerprint density at radius 2 is 1.84 bits per heavy atom. The van der Waals surface area contributed by atoms with Crippen molar-refractivity contribution in [1.82, 2.24) is 4.57 Å². The van der Waals surface area contributed by atoms with Crippen LogP contribution in [-0.4, -0.2) is 24.3 Å². The second-order valence-corrected chi connectivity index (χ2v) is 13.2. The lowest BCUT2D eigenvalue weighted by molar-refractivity contribution is -0.139. The quantitative estimate of drug-likeness (QED) is 0.140. The van der Waals surface area contributed by atoms with Gasteiger partial charge in [-0.05, 0) is 95.0 Å². The predicted octanol–water partition coefficient (Wildman–Crippen LogP) is 6.77. The summed E-state index contributed by atoms with van der Waals surface area (Å²) in [5.74, 6) is 1.03. The van der Waals surface area contributed by atoms with Crippen LogP contribution in [0.25, 0.3) is 6.08 Å². The highest BCUT2D eigenvalue weighted by atomic mass is 127. The number of allylic oxidation sites excluding steroid dienone is 1. The topological polar surface area (TPSA) is 79.1 Å². The molecule has 228 valence electrons. The van der Waals surface area contributed by atoms with Crippen molar-refractivity contribution < 1.29 is 19.0 Å². The van der Waals surface area contributed by atoms with Crippen LogP contribution in [0.5, 0.6) is 11.5 Å². The average Bonchev–Trinajstić information content (AvgIpc) is 3.30. The minimum Gasteiger partial charge on any atom is -0.493 e. The summed E-state index contributed by atoms with van der Waals surface area (Å²) in [7, 11) is 1.59. The fourth-order valence-corrected chi connectivity index (χ4v) is 6.97. The number of rotatable bonds is 9. The van der Waals surface area contributed by atoms with Crippen LogP contribution in [0.4, 0.5) is 0 Å². The monoisotopic (exact) mass is 742 g/mol. The van der Waals surface area contributed by atoms with Crippen molar-refractivity contribution in [2.75, 3.05) is 13.7 Å². The van der Waals surface area contributed by atoms with Crippen LogP contribution < -0.4 is 24.4 Å². The SMILES string of the molecule is CCOC(=O)C1=C(C)N=c2s/c(=C\c3cc(I)c(OCc4ccc(Cl)cc4)c(OC)c3)c(=O)n2[C@@H]1c1ccc(C(C)C)cc1. The van der Waals surface area contributed by atoms with Crippen molar-refractivity contribution in [3.63, 3.8) is 0 Å². The zero-order valence-electron chi connectivity index (χ0n) is 25.0. The summed E-state index contributed by atoms with van der Waals surface area (Å²) in [6.45, 7) is 8.37. The summed E-state index contributed by atoms with van der Waals surface area (Å²) in [6.07, 6.45) is 1.82. The number of aromatic nitrogens is 1. The molecule has 1 aliphatic heterocycles. The molecule has 1 aliphatic rings. The standard InChI is InChI=1S/C34H32ClIN2O5S/c1-6-42-33(40)29-20(4)37-34-38(30(29)24-11-9-23(10-12-24)19(2)3)32(39)28(44-34)17-22-15-26(36)31(27(16-22)41-5)43-18-21-7-13-25(35)14-8-21/h7-17,19,30H,6,18H2,1-5H3/b28-17-/t30-/m1/s1. The second-order valence-electron chi connectivity index (χ2n) is 10.6. The predicted molar refractivity (Wildman–Crippen MR) is 182 cm³/mol. The Labute approximate surface area is 278 Å². The van der Waals surface area contributed by atoms with Crippen LogP contribution in [0.1, 0.15) is 61.9 Å². The van der Waals surface area contributed by atoms with Crippen molar-refractivity contribution in [2.24, 2.45) is 4.99 Å². The Bertz CT molecular complexity index is 1910. The molecule has 10 heteroatoms. The summed E-state index contributed by atoms with van der Waals surface area (Å²) in [5.41, 5.74) is 4.39. The molecule has 7 nitrogen and oxygen atoms in total. The molecular weight excluding hydrogens is 711 g/mol. The van der Waals surface area contributed by atoms with Gasteiger partial charge in [-0.2, -0.15) is 0 Å². The maximum Gasteiger partial charge on any atom is 0.338 e. The van der Waals surface area contributed by atoms with Crippen LogP contribution in [0.3, 0.4) is 0 Å². The average molecular weight is 743 g/mol. The van der Waals surface area contributed by atoms with E-state index in [1.54, 1.807) is 25.5 Å². The highest BCUT2D eigenvalue weighted by Gasteiger charge is 2.33. The second kappa shape index (κ2) is 13.7. The molecule has 0 radical (unpaired) electrons. The van der Waals surface area contributed by atoms with Gasteiger partial charge < -0.3 is 14.2 Å². The third-order valence-electron chi connectivity index (χ3n) is 7.28. The Balaban J connectivity index is 1.57. The molecule has 0 saturated carbocycles. The van der Waals surface area contributed by atoms with Gasteiger partial charge in [-0.3, -0.25) is 9.36 Å². The van der Waals surface area contributed by atoms with Crippen LogP contribution >= 0.6 is 45.5 Å². The number of carbonyl (C=O) groups excluding carboxylic acids is 1. The van der Waals surface area contributed by atoms with Crippen LogP contribution in [-0.2, 0) is 16.1 Å². The van der Waals surface area contributed by atoms with E-state index < -0.39 is 12.0 Å². The van der Waals surface area contributed by atoms with E-state index >= 15 is 0 Å². The number of esters is 1. The first-order valence-electron chi connectivity index (χ1n) is 14.2.